The number of carbonyl (C=O) groups is 1. The molecule has 1 N–H and O–H groups in total. The van der Waals surface area contributed by atoms with Crippen molar-refractivity contribution < 1.29 is 4.79 Å². The molecule has 1 saturated carbocycles. The van der Waals surface area contributed by atoms with Crippen molar-refractivity contribution in [3.8, 4) is 0 Å². The molecule has 0 bridgehead atoms. The molecular weight excluding hydrogens is 318 g/mol. The van der Waals surface area contributed by atoms with Crippen LogP contribution in [0.15, 0.2) is 29.9 Å². The van der Waals surface area contributed by atoms with E-state index in [9.17, 15) is 4.79 Å². The lowest BCUT2D eigenvalue weighted by Crippen LogP contribution is -2.38. The number of aromatic nitrogens is 2. The third-order valence-electron chi connectivity index (χ3n) is 4.52. The summed E-state index contributed by atoms with van der Waals surface area (Å²) >= 11 is 7.50. The van der Waals surface area contributed by atoms with Crippen LogP contribution in [-0.2, 0) is 16.8 Å². The summed E-state index contributed by atoms with van der Waals surface area (Å²) in [5.74, 6) is 0.151. The Kier molecular flexibility index (Phi) is 4.03. The average molecular weight is 338 g/mol. The number of hydrogen-bond acceptors (Lipinski definition) is 3. The summed E-state index contributed by atoms with van der Waals surface area (Å²) < 4.78 is 1.80. The summed E-state index contributed by atoms with van der Waals surface area (Å²) in [7, 11) is 0. The Morgan fingerprint density at radius 3 is 2.86 bits per heavy atom. The van der Waals surface area contributed by atoms with E-state index in [0.717, 1.165) is 19.4 Å². The highest BCUT2D eigenvalue weighted by molar-refractivity contribution is 7.10. The molecule has 0 aromatic carbocycles. The molecule has 22 heavy (non-hydrogen) atoms. The normalized spacial score (nSPS) is 22.5. The quantitative estimate of drug-likeness (QED) is 0.820. The summed E-state index contributed by atoms with van der Waals surface area (Å²) in [6.07, 6.45) is 5.17. The summed E-state index contributed by atoms with van der Waals surface area (Å²) in [5, 5.41) is 9.91. The van der Waals surface area contributed by atoms with Crippen LogP contribution in [0.3, 0.4) is 0 Å². The van der Waals surface area contributed by atoms with Gasteiger partial charge in [0.05, 0.1) is 16.6 Å². The van der Waals surface area contributed by atoms with Gasteiger partial charge in [0.25, 0.3) is 0 Å². The van der Waals surface area contributed by atoms with Crippen molar-refractivity contribution in [2.45, 2.75) is 38.6 Å². The molecule has 3 rings (SSSR count). The molecule has 2 aromatic rings. The Hall–Kier alpha value is -1.33. The minimum absolute atomic E-state index is 0.0391. The first kappa shape index (κ1) is 15.6. The number of rotatable bonds is 6. The van der Waals surface area contributed by atoms with Crippen LogP contribution in [0.2, 0.25) is 5.02 Å². The number of hydrogen-bond donors (Lipinski definition) is 1. The van der Waals surface area contributed by atoms with Gasteiger partial charge in [0, 0.05) is 24.2 Å². The van der Waals surface area contributed by atoms with Crippen LogP contribution in [0.25, 0.3) is 0 Å². The predicted octanol–water partition coefficient (Wildman–Crippen LogP) is 3.47. The fourth-order valence-electron chi connectivity index (χ4n) is 3.11. The average Bonchev–Trinajstić information content (AvgIpc) is 2.91. The number of nitrogens with one attached hydrogen (secondary N) is 1. The molecule has 1 atom stereocenters. The summed E-state index contributed by atoms with van der Waals surface area (Å²) in [5.41, 5.74) is -0.298. The third kappa shape index (κ3) is 2.68. The van der Waals surface area contributed by atoms with Crippen LogP contribution in [0.1, 0.15) is 31.6 Å². The Bertz CT molecular complexity index is 665. The number of thiophene rings is 1. The SMILES string of the molecule is CC1(C)C[C@@]1(C(=O)NCCCn1cc(Cl)cn1)c1cccs1. The van der Waals surface area contributed by atoms with Crippen molar-refractivity contribution in [1.29, 1.82) is 0 Å². The molecule has 118 valence electrons. The molecule has 2 heterocycles. The van der Waals surface area contributed by atoms with Gasteiger partial charge in [0.2, 0.25) is 5.91 Å². The van der Waals surface area contributed by atoms with Crippen LogP contribution in [0.5, 0.6) is 0 Å². The first-order valence-electron chi connectivity index (χ1n) is 7.46. The summed E-state index contributed by atoms with van der Waals surface area (Å²) in [6.45, 7) is 5.73. The van der Waals surface area contributed by atoms with Gasteiger partial charge in [-0.2, -0.15) is 5.10 Å². The second-order valence-electron chi connectivity index (χ2n) is 6.47. The molecule has 4 nitrogen and oxygen atoms in total. The zero-order valence-corrected chi connectivity index (χ0v) is 14.4. The summed E-state index contributed by atoms with van der Waals surface area (Å²) in [4.78, 5) is 13.9. The molecule has 1 amide bonds. The predicted molar refractivity (Wildman–Crippen MR) is 89.3 cm³/mol. The second kappa shape index (κ2) is 5.70. The first-order valence-corrected chi connectivity index (χ1v) is 8.72. The van der Waals surface area contributed by atoms with E-state index in [1.165, 1.54) is 4.88 Å². The molecular formula is C16H20ClN3OS. The first-order chi connectivity index (χ1) is 10.5. The van der Waals surface area contributed by atoms with Gasteiger partial charge in [0.15, 0.2) is 0 Å². The molecule has 0 spiro atoms. The monoisotopic (exact) mass is 337 g/mol. The maximum atomic E-state index is 12.7. The van der Waals surface area contributed by atoms with Gasteiger partial charge in [-0.15, -0.1) is 11.3 Å². The molecule has 0 unspecified atom stereocenters. The van der Waals surface area contributed by atoms with Crippen molar-refractivity contribution in [3.05, 3.63) is 39.8 Å². The van der Waals surface area contributed by atoms with Crippen molar-refractivity contribution in [2.24, 2.45) is 5.41 Å². The van der Waals surface area contributed by atoms with Crippen LogP contribution in [-0.4, -0.2) is 22.2 Å². The minimum atomic E-state index is -0.337. The number of nitrogens with zero attached hydrogens (tertiary/aromatic N) is 2. The van der Waals surface area contributed by atoms with Crippen molar-refractivity contribution in [2.75, 3.05) is 6.54 Å². The lowest BCUT2D eigenvalue weighted by Gasteiger charge is -2.19. The van der Waals surface area contributed by atoms with E-state index in [2.05, 4.69) is 30.3 Å². The van der Waals surface area contributed by atoms with E-state index in [-0.39, 0.29) is 16.7 Å². The Labute approximate surface area is 139 Å². The minimum Gasteiger partial charge on any atom is -0.355 e. The van der Waals surface area contributed by atoms with Crippen LogP contribution in [0, 0.1) is 5.41 Å². The highest BCUT2D eigenvalue weighted by Crippen LogP contribution is 2.65. The molecule has 1 aliphatic rings. The van der Waals surface area contributed by atoms with E-state index in [0.29, 0.717) is 11.6 Å². The van der Waals surface area contributed by atoms with Crippen molar-refractivity contribution >= 4 is 28.8 Å². The van der Waals surface area contributed by atoms with Gasteiger partial charge in [0.1, 0.15) is 0 Å². The van der Waals surface area contributed by atoms with Crippen molar-refractivity contribution in [3.63, 3.8) is 0 Å². The molecule has 1 fully saturated rings. The van der Waals surface area contributed by atoms with E-state index >= 15 is 0 Å². The largest absolute Gasteiger partial charge is 0.355 e. The zero-order chi connectivity index (χ0) is 15.8. The second-order valence-corrected chi connectivity index (χ2v) is 7.86. The third-order valence-corrected chi connectivity index (χ3v) is 5.75. The van der Waals surface area contributed by atoms with Gasteiger partial charge >= 0.3 is 0 Å². The molecule has 6 heteroatoms. The van der Waals surface area contributed by atoms with E-state index in [1.54, 1.807) is 28.4 Å². The molecule has 0 radical (unpaired) electrons. The zero-order valence-electron chi connectivity index (χ0n) is 12.8. The standard InChI is InChI=1S/C16H20ClN3OS/c1-15(2)11-16(15,13-5-3-8-22-13)14(21)18-6-4-7-20-10-12(17)9-19-20/h3,5,8-10H,4,6-7,11H2,1-2H3,(H,18,21)/t16-/m0/s1. The number of carbonyl (C=O) groups excluding carboxylic acids is 1. The maximum absolute atomic E-state index is 12.7. The number of halogens is 1. The highest BCUT2D eigenvalue weighted by atomic mass is 35.5. The Morgan fingerprint density at radius 2 is 2.32 bits per heavy atom. The van der Waals surface area contributed by atoms with Crippen LogP contribution >= 0.6 is 22.9 Å². The lowest BCUT2D eigenvalue weighted by molar-refractivity contribution is -0.124. The highest BCUT2D eigenvalue weighted by Gasteiger charge is 2.67. The van der Waals surface area contributed by atoms with Gasteiger partial charge in [-0.3, -0.25) is 9.48 Å². The topological polar surface area (TPSA) is 46.9 Å². The summed E-state index contributed by atoms with van der Waals surface area (Å²) in [6, 6.07) is 4.09. The Balaban J connectivity index is 1.55. The van der Waals surface area contributed by atoms with Crippen LogP contribution in [0.4, 0.5) is 0 Å². The van der Waals surface area contributed by atoms with Gasteiger partial charge in [-0.1, -0.05) is 31.5 Å². The number of aryl methyl sites for hydroxylation is 1. The van der Waals surface area contributed by atoms with E-state index in [1.807, 2.05) is 11.4 Å². The van der Waals surface area contributed by atoms with E-state index < -0.39 is 0 Å². The van der Waals surface area contributed by atoms with Gasteiger partial charge in [-0.25, -0.2) is 0 Å². The maximum Gasteiger partial charge on any atom is 0.232 e. The molecule has 1 aliphatic carbocycles. The van der Waals surface area contributed by atoms with Crippen LogP contribution < -0.4 is 5.32 Å². The van der Waals surface area contributed by atoms with E-state index in [4.69, 9.17) is 11.6 Å². The number of amides is 1. The van der Waals surface area contributed by atoms with Crippen molar-refractivity contribution in [1.82, 2.24) is 15.1 Å². The fourth-order valence-corrected chi connectivity index (χ4v) is 4.37. The van der Waals surface area contributed by atoms with Gasteiger partial charge < -0.3 is 5.32 Å². The molecule has 0 aliphatic heterocycles. The van der Waals surface area contributed by atoms with Gasteiger partial charge in [-0.05, 0) is 29.7 Å². The molecule has 2 aromatic heterocycles. The fraction of sp³-hybridized carbons (Fsp3) is 0.500. The lowest BCUT2D eigenvalue weighted by atomic mass is 9.93. The molecule has 0 saturated heterocycles. The Morgan fingerprint density at radius 1 is 1.55 bits per heavy atom. The smallest absolute Gasteiger partial charge is 0.232 e.